The van der Waals surface area contributed by atoms with Crippen LogP contribution in [0.25, 0.3) is 0 Å². The zero-order chi connectivity index (χ0) is 42.1. The van der Waals surface area contributed by atoms with Gasteiger partial charge in [0.1, 0.15) is 0 Å². The maximum absolute atomic E-state index is 16.8. The van der Waals surface area contributed by atoms with Crippen molar-refractivity contribution in [2.24, 2.45) is 0 Å². The summed E-state index contributed by atoms with van der Waals surface area (Å²) in [5.74, 6) is 0. The van der Waals surface area contributed by atoms with Gasteiger partial charge in [-0.05, 0) is 0 Å². The van der Waals surface area contributed by atoms with Gasteiger partial charge in [0.15, 0.2) is 0 Å². The van der Waals surface area contributed by atoms with Crippen LogP contribution in [-0.2, 0) is 19.3 Å². The van der Waals surface area contributed by atoms with Crippen molar-refractivity contribution < 1.29 is 13.2 Å². The fourth-order valence-corrected chi connectivity index (χ4v) is 31.7. The molecule has 0 saturated carbocycles. The first-order valence-electron chi connectivity index (χ1n) is 25.7. The molecule has 0 aliphatic rings. The summed E-state index contributed by atoms with van der Waals surface area (Å²) in [6, 6.07) is 10.8. The molecule has 0 aliphatic carbocycles. The maximum atomic E-state index is 16.8. The number of hydrogen-bond donors (Lipinski definition) is 0. The molecule has 0 aromatic heterocycles. The summed E-state index contributed by atoms with van der Waals surface area (Å²) >= 11 is 0. The van der Waals surface area contributed by atoms with Crippen LogP contribution in [0.5, 0.6) is 0 Å². The van der Waals surface area contributed by atoms with Crippen LogP contribution >= 0.6 is 21.3 Å². The Balaban J connectivity index is 4.10. The minimum absolute atomic E-state index is 0.435. The molecule has 1 atom stereocenters. The van der Waals surface area contributed by atoms with Crippen LogP contribution in [-0.4, -0.2) is 49.3 Å². The van der Waals surface area contributed by atoms with Gasteiger partial charge in [0, 0.05) is 0 Å². The Morgan fingerprint density at radius 1 is 0.351 bits per heavy atom. The van der Waals surface area contributed by atoms with E-state index in [1.165, 1.54) is 154 Å². The van der Waals surface area contributed by atoms with E-state index in [9.17, 15) is 0 Å². The second-order valence-electron chi connectivity index (χ2n) is 19.0. The number of unbranched alkanes of at least 4 members (excludes halogenated alkanes) is 20. The molecule has 1 rings (SSSR count). The second-order valence-corrected chi connectivity index (χ2v) is 32.8. The van der Waals surface area contributed by atoms with Gasteiger partial charge >= 0.3 is 361 Å². The Labute approximate surface area is 359 Å². The van der Waals surface area contributed by atoms with Crippen molar-refractivity contribution in [3.05, 3.63) is 35.9 Å². The predicted octanol–water partition coefficient (Wildman–Crippen LogP) is 19.4. The van der Waals surface area contributed by atoms with Gasteiger partial charge in [-0.2, -0.15) is 0 Å². The number of benzene rings is 1. The van der Waals surface area contributed by atoms with Crippen LogP contribution < -0.4 is 0 Å². The first-order valence-corrected chi connectivity index (χ1v) is 33.2. The first kappa shape index (κ1) is 55.2. The summed E-state index contributed by atoms with van der Waals surface area (Å²) in [4.78, 5) is 0. The second kappa shape index (κ2) is 32.0. The van der Waals surface area contributed by atoms with Crippen LogP contribution in [0, 0.1) is 0 Å². The molecule has 340 valence electrons. The number of hydrogen-bond acceptors (Lipinski definition) is 3. The topological polar surface area (TPSA) is 35.5 Å². The van der Waals surface area contributed by atoms with Crippen molar-refractivity contribution in [3.8, 4) is 0 Å². The molecule has 57 heavy (non-hydrogen) atoms. The summed E-state index contributed by atoms with van der Waals surface area (Å²) in [5, 5.41) is 0. The van der Waals surface area contributed by atoms with Gasteiger partial charge in [-0.25, -0.2) is 0 Å². The van der Waals surface area contributed by atoms with E-state index < -0.39 is 21.3 Å². The minimum atomic E-state index is -3.58. The van der Waals surface area contributed by atoms with Gasteiger partial charge < -0.3 is 0 Å². The van der Waals surface area contributed by atoms with Gasteiger partial charge in [0.2, 0.25) is 0 Å². The van der Waals surface area contributed by atoms with Gasteiger partial charge in [0.05, 0.1) is 0 Å². The molecule has 0 bridgehead atoms. The molecule has 1 aromatic rings. The third-order valence-electron chi connectivity index (χ3n) is 13.4. The molecular weight excluding hydrogens is 753 g/mol. The Hall–Kier alpha value is 0.230. The SMILES string of the molecule is CCCCCCCCP(CCCCCCCC)(CCCCCCCC)(CCCCCCCC)OP(=O)(Cc1ccccc1)OP(CCC)(CCC)(CCC)CCC. The van der Waals surface area contributed by atoms with E-state index in [4.69, 9.17) is 8.62 Å². The summed E-state index contributed by atoms with van der Waals surface area (Å²) in [6.07, 6.45) is 45.0. The molecule has 0 aliphatic heterocycles. The zero-order valence-corrected chi connectivity index (χ0v) is 42.8. The molecule has 0 amide bonds. The van der Waals surface area contributed by atoms with Crippen molar-refractivity contribution in [2.45, 2.75) is 241 Å². The molecule has 0 spiro atoms. The summed E-state index contributed by atoms with van der Waals surface area (Å²) < 4.78 is 33.1. The van der Waals surface area contributed by atoms with E-state index in [0.717, 1.165) is 80.5 Å². The fourth-order valence-electron chi connectivity index (χ4n) is 10.7. The molecular formula is C51H103O3P3. The molecule has 3 nitrogen and oxygen atoms in total. The van der Waals surface area contributed by atoms with E-state index in [2.05, 4.69) is 85.7 Å². The van der Waals surface area contributed by atoms with E-state index in [1.54, 1.807) is 0 Å². The zero-order valence-electron chi connectivity index (χ0n) is 40.1. The van der Waals surface area contributed by atoms with Crippen molar-refractivity contribution in [1.82, 2.24) is 0 Å². The normalized spacial score (nSPS) is 14.9. The van der Waals surface area contributed by atoms with Crippen LogP contribution in [0.1, 0.15) is 241 Å². The van der Waals surface area contributed by atoms with E-state index in [0.29, 0.717) is 6.16 Å². The molecule has 1 unspecified atom stereocenters. The predicted molar refractivity (Wildman–Crippen MR) is 267 cm³/mol. The van der Waals surface area contributed by atoms with Crippen molar-refractivity contribution in [2.75, 3.05) is 49.3 Å². The molecule has 0 heterocycles. The summed E-state index contributed by atoms with van der Waals surface area (Å²) in [6.45, 7) is 12.8. The molecule has 6 heteroatoms. The van der Waals surface area contributed by atoms with Gasteiger partial charge in [-0.15, -0.1) is 0 Å². The van der Waals surface area contributed by atoms with E-state index >= 15 is 4.57 Å². The Kier molecular flexibility index (Phi) is 31.0. The number of rotatable bonds is 42. The van der Waals surface area contributed by atoms with Crippen molar-refractivity contribution >= 4 is 21.3 Å². The first-order chi connectivity index (χ1) is 27.6. The molecule has 0 fully saturated rings. The Morgan fingerprint density at radius 2 is 0.614 bits per heavy atom. The quantitative estimate of drug-likeness (QED) is 0.0485. The molecule has 1 aromatic carbocycles. The van der Waals surface area contributed by atoms with Crippen molar-refractivity contribution in [1.29, 1.82) is 0 Å². The molecule has 0 saturated heterocycles. The Bertz CT molecular complexity index is 1010. The summed E-state index contributed by atoms with van der Waals surface area (Å²) in [7, 11) is -3.58. The fraction of sp³-hybridized carbons (Fsp3) is 0.882. The molecule has 0 N–H and O–H groups in total. The standard InChI is InChI=1S/C51H103O3P3/c1-9-17-21-25-29-36-46-57(47-37-30-26-22-18-10-2,48-38-31-27-23-19-11-3,49-39-32-28-24-20-12-4)54-55(52,50-51-40-34-33-35-41-51)53-56(42-13-5,43-14-6,44-15-7)45-16-8/h33-35,40-41H,9-32,36-39,42-50H2,1-8H3. The average molecular weight is 857 g/mol. The Morgan fingerprint density at radius 3 is 0.895 bits per heavy atom. The monoisotopic (exact) mass is 857 g/mol. The van der Waals surface area contributed by atoms with Crippen LogP contribution in [0.4, 0.5) is 0 Å². The van der Waals surface area contributed by atoms with Gasteiger partial charge in [-0.1, -0.05) is 0 Å². The summed E-state index contributed by atoms with van der Waals surface area (Å²) in [5.41, 5.74) is 1.13. The third kappa shape index (κ3) is 21.7. The van der Waals surface area contributed by atoms with Gasteiger partial charge in [-0.3, -0.25) is 0 Å². The average Bonchev–Trinajstić information content (AvgIpc) is 3.18. The van der Waals surface area contributed by atoms with Crippen LogP contribution in [0.2, 0.25) is 0 Å². The third-order valence-corrected chi connectivity index (χ3v) is 31.9. The van der Waals surface area contributed by atoms with Gasteiger partial charge in [0.25, 0.3) is 0 Å². The van der Waals surface area contributed by atoms with Crippen LogP contribution in [0.3, 0.4) is 0 Å². The van der Waals surface area contributed by atoms with Crippen LogP contribution in [0.15, 0.2) is 30.3 Å². The molecule has 0 radical (unpaired) electrons. The van der Waals surface area contributed by atoms with E-state index in [1.807, 2.05) is 0 Å². The van der Waals surface area contributed by atoms with Crippen molar-refractivity contribution in [3.63, 3.8) is 0 Å². The van der Waals surface area contributed by atoms with E-state index in [-0.39, 0.29) is 0 Å².